The van der Waals surface area contributed by atoms with E-state index >= 15 is 0 Å². The van der Waals surface area contributed by atoms with Crippen LogP contribution < -0.4 is 10.1 Å². The number of aromatic nitrogens is 2. The molecule has 0 saturated heterocycles. The maximum atomic E-state index is 12.4. The van der Waals surface area contributed by atoms with E-state index in [1.807, 2.05) is 38.1 Å². The van der Waals surface area contributed by atoms with Gasteiger partial charge >= 0.3 is 0 Å². The molecular formula is C17H23N3O3. The van der Waals surface area contributed by atoms with Crippen molar-refractivity contribution in [3.05, 3.63) is 36.0 Å². The lowest BCUT2D eigenvalue weighted by Gasteiger charge is -2.28. The Hall–Kier alpha value is -2.34. The average Bonchev–Trinajstić information content (AvgIpc) is 3.05. The third kappa shape index (κ3) is 4.10. The fourth-order valence-electron chi connectivity index (χ4n) is 2.28. The molecule has 1 heterocycles. The molecule has 0 spiro atoms. The summed E-state index contributed by atoms with van der Waals surface area (Å²) in [5.74, 6) is 0.502. The maximum absolute atomic E-state index is 12.4. The number of nitrogens with zero attached hydrogens (tertiary/aromatic N) is 1. The van der Waals surface area contributed by atoms with Crippen molar-refractivity contribution in [1.29, 1.82) is 0 Å². The average molecular weight is 317 g/mol. The third-order valence-corrected chi connectivity index (χ3v) is 4.05. The van der Waals surface area contributed by atoms with Crippen molar-refractivity contribution in [3.8, 4) is 17.0 Å². The van der Waals surface area contributed by atoms with E-state index in [0.29, 0.717) is 17.8 Å². The van der Waals surface area contributed by atoms with E-state index in [-0.39, 0.29) is 12.5 Å². The number of rotatable bonds is 7. The summed E-state index contributed by atoms with van der Waals surface area (Å²) in [4.78, 5) is 12.4. The number of aromatic amines is 1. The van der Waals surface area contributed by atoms with Gasteiger partial charge in [-0.1, -0.05) is 19.1 Å². The standard InChI is InChI=1S/C17H23N3O3/c1-4-17(2,8-9-21)18-16(22)15-11-14(19-20-15)12-6-5-7-13(10-12)23-3/h5-7,10-11,21H,4,8-9H2,1-3H3,(H,18,22)(H,19,20). The Morgan fingerprint density at radius 3 is 2.87 bits per heavy atom. The first-order valence-electron chi connectivity index (χ1n) is 7.64. The topological polar surface area (TPSA) is 87.2 Å². The van der Waals surface area contributed by atoms with Gasteiger partial charge in [-0.15, -0.1) is 0 Å². The van der Waals surface area contributed by atoms with Crippen molar-refractivity contribution in [3.63, 3.8) is 0 Å². The molecule has 1 aromatic heterocycles. The predicted octanol–water partition coefficient (Wildman–Crippen LogP) is 2.37. The Morgan fingerprint density at radius 1 is 1.43 bits per heavy atom. The van der Waals surface area contributed by atoms with E-state index < -0.39 is 5.54 Å². The lowest BCUT2D eigenvalue weighted by molar-refractivity contribution is 0.0881. The monoisotopic (exact) mass is 317 g/mol. The number of methoxy groups -OCH3 is 1. The van der Waals surface area contributed by atoms with Crippen LogP contribution in [0.4, 0.5) is 0 Å². The van der Waals surface area contributed by atoms with Gasteiger partial charge in [0.1, 0.15) is 11.4 Å². The van der Waals surface area contributed by atoms with Crippen molar-refractivity contribution in [2.75, 3.05) is 13.7 Å². The molecule has 1 amide bonds. The molecule has 23 heavy (non-hydrogen) atoms. The number of hydrogen-bond donors (Lipinski definition) is 3. The highest BCUT2D eigenvalue weighted by atomic mass is 16.5. The molecule has 2 rings (SSSR count). The molecule has 1 aromatic carbocycles. The zero-order valence-electron chi connectivity index (χ0n) is 13.7. The lowest BCUT2D eigenvalue weighted by Crippen LogP contribution is -2.46. The summed E-state index contributed by atoms with van der Waals surface area (Å²) in [5, 5.41) is 19.0. The zero-order chi connectivity index (χ0) is 16.9. The van der Waals surface area contributed by atoms with Crippen LogP contribution in [0.15, 0.2) is 30.3 Å². The van der Waals surface area contributed by atoms with E-state index in [1.54, 1.807) is 13.2 Å². The number of amides is 1. The molecule has 124 valence electrons. The van der Waals surface area contributed by atoms with Crippen molar-refractivity contribution in [2.45, 2.75) is 32.2 Å². The van der Waals surface area contributed by atoms with E-state index in [0.717, 1.165) is 17.7 Å². The number of benzene rings is 1. The summed E-state index contributed by atoms with van der Waals surface area (Å²) in [6.07, 6.45) is 1.24. The summed E-state index contributed by atoms with van der Waals surface area (Å²) in [5.41, 5.74) is 1.50. The summed E-state index contributed by atoms with van der Waals surface area (Å²) in [6.45, 7) is 3.92. The highest BCUT2D eigenvalue weighted by molar-refractivity contribution is 5.93. The molecule has 3 N–H and O–H groups in total. The van der Waals surface area contributed by atoms with Gasteiger partial charge in [-0.25, -0.2) is 0 Å². The van der Waals surface area contributed by atoms with Gasteiger partial charge in [0.25, 0.3) is 5.91 Å². The molecule has 6 nitrogen and oxygen atoms in total. The Bertz CT molecular complexity index is 669. The Labute approximate surface area is 135 Å². The fraction of sp³-hybridized carbons (Fsp3) is 0.412. The van der Waals surface area contributed by atoms with Crippen LogP contribution in [0.2, 0.25) is 0 Å². The van der Waals surface area contributed by atoms with Crippen LogP contribution in [0.25, 0.3) is 11.3 Å². The van der Waals surface area contributed by atoms with Gasteiger partial charge in [0, 0.05) is 17.7 Å². The molecule has 0 saturated carbocycles. The van der Waals surface area contributed by atoms with Crippen LogP contribution in [0.5, 0.6) is 5.75 Å². The fourth-order valence-corrected chi connectivity index (χ4v) is 2.28. The Morgan fingerprint density at radius 2 is 2.22 bits per heavy atom. The molecular weight excluding hydrogens is 294 g/mol. The van der Waals surface area contributed by atoms with Crippen molar-refractivity contribution < 1.29 is 14.6 Å². The number of H-pyrrole nitrogens is 1. The molecule has 0 aliphatic heterocycles. The second-order valence-electron chi connectivity index (χ2n) is 5.74. The van der Waals surface area contributed by atoms with Crippen LogP contribution >= 0.6 is 0 Å². The van der Waals surface area contributed by atoms with Crippen molar-refractivity contribution in [2.24, 2.45) is 0 Å². The summed E-state index contributed by atoms with van der Waals surface area (Å²) >= 11 is 0. The second kappa shape index (κ2) is 7.28. The van der Waals surface area contributed by atoms with E-state index in [1.165, 1.54) is 0 Å². The second-order valence-corrected chi connectivity index (χ2v) is 5.74. The lowest BCUT2D eigenvalue weighted by atomic mass is 9.94. The molecule has 0 fully saturated rings. The summed E-state index contributed by atoms with van der Waals surface area (Å²) in [6, 6.07) is 9.20. The number of aliphatic hydroxyl groups excluding tert-OH is 1. The molecule has 0 aliphatic carbocycles. The van der Waals surface area contributed by atoms with Gasteiger partial charge in [0.05, 0.1) is 12.8 Å². The van der Waals surface area contributed by atoms with Crippen LogP contribution in [-0.4, -0.2) is 40.5 Å². The number of carbonyl (C=O) groups is 1. The Kier molecular flexibility index (Phi) is 5.39. The highest BCUT2D eigenvalue weighted by Gasteiger charge is 2.25. The highest BCUT2D eigenvalue weighted by Crippen LogP contribution is 2.23. The van der Waals surface area contributed by atoms with Gasteiger partial charge in [-0.2, -0.15) is 5.10 Å². The van der Waals surface area contributed by atoms with Crippen LogP contribution in [0.1, 0.15) is 37.2 Å². The first kappa shape index (κ1) is 17.0. The minimum Gasteiger partial charge on any atom is -0.497 e. The minimum atomic E-state index is -0.437. The molecule has 1 atom stereocenters. The van der Waals surface area contributed by atoms with Crippen molar-refractivity contribution in [1.82, 2.24) is 15.5 Å². The zero-order valence-corrected chi connectivity index (χ0v) is 13.7. The molecule has 2 aromatic rings. The van der Waals surface area contributed by atoms with E-state index in [2.05, 4.69) is 15.5 Å². The van der Waals surface area contributed by atoms with Crippen LogP contribution in [0, 0.1) is 0 Å². The number of nitrogens with one attached hydrogen (secondary N) is 2. The Balaban J connectivity index is 2.16. The van der Waals surface area contributed by atoms with Gasteiger partial charge in [-0.05, 0) is 38.0 Å². The summed E-state index contributed by atoms with van der Waals surface area (Å²) < 4.78 is 5.20. The molecule has 0 aliphatic rings. The molecule has 6 heteroatoms. The first-order valence-corrected chi connectivity index (χ1v) is 7.64. The SMILES string of the molecule is CCC(C)(CCO)NC(=O)c1cc(-c2cccc(OC)c2)n[nH]1. The molecule has 1 unspecified atom stereocenters. The van der Waals surface area contributed by atoms with Gasteiger partial charge in [0.2, 0.25) is 0 Å². The third-order valence-electron chi connectivity index (χ3n) is 4.05. The predicted molar refractivity (Wildman–Crippen MR) is 88.4 cm³/mol. The van der Waals surface area contributed by atoms with Gasteiger partial charge in [0.15, 0.2) is 0 Å². The molecule has 0 radical (unpaired) electrons. The maximum Gasteiger partial charge on any atom is 0.269 e. The van der Waals surface area contributed by atoms with Gasteiger partial charge in [-0.3, -0.25) is 9.89 Å². The first-order chi connectivity index (χ1) is 11.0. The van der Waals surface area contributed by atoms with E-state index in [4.69, 9.17) is 9.84 Å². The minimum absolute atomic E-state index is 0.0304. The number of carbonyl (C=O) groups excluding carboxylic acids is 1. The van der Waals surface area contributed by atoms with Crippen molar-refractivity contribution >= 4 is 5.91 Å². The van der Waals surface area contributed by atoms with E-state index in [9.17, 15) is 4.79 Å². The summed E-state index contributed by atoms with van der Waals surface area (Å²) in [7, 11) is 1.61. The number of hydrogen-bond acceptors (Lipinski definition) is 4. The largest absolute Gasteiger partial charge is 0.497 e. The van der Waals surface area contributed by atoms with Crippen LogP contribution in [-0.2, 0) is 0 Å². The quantitative estimate of drug-likeness (QED) is 0.731. The normalized spacial score (nSPS) is 13.4. The van der Waals surface area contributed by atoms with Crippen LogP contribution in [0.3, 0.4) is 0 Å². The van der Waals surface area contributed by atoms with Gasteiger partial charge < -0.3 is 15.2 Å². The smallest absolute Gasteiger partial charge is 0.269 e. The number of aliphatic hydroxyl groups is 1. The molecule has 0 bridgehead atoms. The number of ether oxygens (including phenoxy) is 1.